The number of aromatic nitrogens is 6. The summed E-state index contributed by atoms with van der Waals surface area (Å²) in [5, 5.41) is 9.68. The van der Waals surface area contributed by atoms with Crippen LogP contribution in [0.15, 0.2) is 47.7 Å². The fourth-order valence-electron chi connectivity index (χ4n) is 5.38. The van der Waals surface area contributed by atoms with Gasteiger partial charge in [0.15, 0.2) is 0 Å². The first-order chi connectivity index (χ1) is 19.8. The van der Waals surface area contributed by atoms with Gasteiger partial charge in [-0.15, -0.1) is 0 Å². The Morgan fingerprint density at radius 2 is 1.71 bits per heavy atom. The molecule has 218 valence electrons. The van der Waals surface area contributed by atoms with Crippen molar-refractivity contribution in [2.45, 2.75) is 53.2 Å². The average Bonchev–Trinajstić information content (AvgIpc) is 3.59. The molecule has 1 amide bonds. The van der Waals surface area contributed by atoms with E-state index in [1.165, 1.54) is 21.4 Å². The van der Waals surface area contributed by atoms with Crippen LogP contribution in [0, 0.1) is 25.5 Å². The van der Waals surface area contributed by atoms with Gasteiger partial charge in [-0.25, -0.2) is 23.1 Å². The van der Waals surface area contributed by atoms with E-state index in [9.17, 15) is 14.0 Å². The maximum atomic E-state index is 15.3. The fraction of sp³-hybridized carbons (Fsp3) is 0.333. The monoisotopic (exact) mass is 575 g/mol. The van der Waals surface area contributed by atoms with Crippen molar-refractivity contribution in [3.63, 3.8) is 0 Å². The topological polar surface area (TPSA) is 92.1 Å². The zero-order valence-corrected chi connectivity index (χ0v) is 24.3. The molecule has 0 saturated heterocycles. The van der Waals surface area contributed by atoms with Crippen molar-refractivity contribution in [2.75, 3.05) is 6.54 Å². The Morgan fingerprint density at radius 3 is 2.40 bits per heavy atom. The lowest BCUT2D eigenvalue weighted by atomic mass is 10.1. The highest BCUT2D eigenvalue weighted by Crippen LogP contribution is 2.30. The number of halogens is 2. The number of fused-ring (bicyclic) bond motifs is 2. The molecular formula is C30H31F2N7O3. The number of carbonyl (C=O) groups is 1. The predicted molar refractivity (Wildman–Crippen MR) is 152 cm³/mol. The van der Waals surface area contributed by atoms with Crippen LogP contribution in [0.1, 0.15) is 43.2 Å². The first-order valence-corrected chi connectivity index (χ1v) is 13.6. The van der Waals surface area contributed by atoms with Gasteiger partial charge in [0.2, 0.25) is 0 Å². The zero-order chi connectivity index (χ0) is 30.1. The van der Waals surface area contributed by atoms with Crippen molar-refractivity contribution in [1.29, 1.82) is 0 Å². The summed E-state index contributed by atoms with van der Waals surface area (Å²) in [6.45, 7) is 9.25. The Hall–Kier alpha value is -4.74. The number of amides is 1. The molecule has 5 aromatic rings. The van der Waals surface area contributed by atoms with Crippen LogP contribution in [0.25, 0.3) is 28.1 Å². The highest BCUT2D eigenvalue weighted by molar-refractivity contribution is 5.81. The largest absolute Gasteiger partial charge is 0.444 e. The minimum absolute atomic E-state index is 0.0723. The maximum Gasteiger partial charge on any atom is 0.410 e. The summed E-state index contributed by atoms with van der Waals surface area (Å²) >= 11 is 0. The summed E-state index contributed by atoms with van der Waals surface area (Å²) in [7, 11) is 1.72. The van der Waals surface area contributed by atoms with Crippen LogP contribution in [0.3, 0.4) is 0 Å². The second kappa shape index (κ2) is 9.68. The van der Waals surface area contributed by atoms with E-state index in [1.54, 1.807) is 86.5 Å². The van der Waals surface area contributed by atoms with Gasteiger partial charge >= 0.3 is 11.8 Å². The summed E-state index contributed by atoms with van der Waals surface area (Å²) in [5.41, 5.74) is 2.22. The summed E-state index contributed by atoms with van der Waals surface area (Å²) in [6, 6.07) is 6.24. The van der Waals surface area contributed by atoms with Gasteiger partial charge in [0, 0.05) is 49.4 Å². The number of benzene rings is 2. The van der Waals surface area contributed by atoms with Crippen molar-refractivity contribution < 1.29 is 18.3 Å². The quantitative estimate of drug-likeness (QED) is 0.306. The maximum absolute atomic E-state index is 15.3. The number of ether oxygens (including phenoxy) is 1. The van der Waals surface area contributed by atoms with Crippen LogP contribution in [0.5, 0.6) is 0 Å². The molecule has 0 radical (unpaired) electrons. The van der Waals surface area contributed by atoms with Crippen molar-refractivity contribution in [3.8, 4) is 17.2 Å². The molecule has 2 aromatic carbocycles. The Bertz CT molecular complexity index is 1920. The number of hydrogen-bond acceptors (Lipinski definition) is 5. The average molecular weight is 576 g/mol. The van der Waals surface area contributed by atoms with Gasteiger partial charge in [-0.3, -0.25) is 13.8 Å². The third-order valence-electron chi connectivity index (χ3n) is 7.40. The molecule has 0 atom stereocenters. The molecule has 4 heterocycles. The third-order valence-corrected chi connectivity index (χ3v) is 7.40. The van der Waals surface area contributed by atoms with E-state index in [-0.39, 0.29) is 18.0 Å². The third kappa shape index (κ3) is 4.56. The highest BCUT2D eigenvalue weighted by atomic mass is 19.1. The van der Waals surface area contributed by atoms with E-state index in [2.05, 4.69) is 5.10 Å². The first kappa shape index (κ1) is 27.4. The zero-order valence-electron chi connectivity index (χ0n) is 24.3. The Morgan fingerprint density at radius 1 is 1.02 bits per heavy atom. The van der Waals surface area contributed by atoms with Crippen LogP contribution in [0.2, 0.25) is 0 Å². The summed E-state index contributed by atoms with van der Waals surface area (Å²) < 4.78 is 41.2. The van der Waals surface area contributed by atoms with Gasteiger partial charge in [-0.05, 0) is 63.9 Å². The normalized spacial score (nSPS) is 13.6. The number of rotatable bonds is 3. The van der Waals surface area contributed by atoms with Crippen molar-refractivity contribution >= 4 is 17.0 Å². The molecule has 12 heteroatoms. The molecular weight excluding hydrogens is 544 g/mol. The summed E-state index contributed by atoms with van der Waals surface area (Å²) in [5.74, 6) is -0.518. The van der Waals surface area contributed by atoms with Crippen LogP contribution < -0.4 is 5.69 Å². The molecule has 0 N–H and O–H groups in total. The second-order valence-corrected chi connectivity index (χ2v) is 11.7. The molecule has 0 unspecified atom stereocenters. The van der Waals surface area contributed by atoms with E-state index < -0.39 is 23.2 Å². The van der Waals surface area contributed by atoms with Crippen LogP contribution >= 0.6 is 0 Å². The molecule has 0 saturated carbocycles. The van der Waals surface area contributed by atoms with E-state index in [0.29, 0.717) is 57.8 Å². The van der Waals surface area contributed by atoms with Gasteiger partial charge in [0.05, 0.1) is 35.3 Å². The molecule has 3 aromatic heterocycles. The van der Waals surface area contributed by atoms with Crippen LogP contribution in [-0.4, -0.2) is 51.8 Å². The molecule has 1 aliphatic rings. The number of hydrogen-bond donors (Lipinski definition) is 0. The molecule has 0 aliphatic carbocycles. The molecule has 0 bridgehead atoms. The molecule has 42 heavy (non-hydrogen) atoms. The molecule has 10 nitrogen and oxygen atoms in total. The number of imidazole rings is 1. The first-order valence-electron chi connectivity index (χ1n) is 13.6. The number of aryl methyl sites for hydroxylation is 3. The molecule has 0 fully saturated rings. The Balaban J connectivity index is 1.52. The van der Waals surface area contributed by atoms with Crippen LogP contribution in [0.4, 0.5) is 13.6 Å². The van der Waals surface area contributed by atoms with E-state index in [4.69, 9.17) is 9.84 Å². The SMILES string of the molecule is Cc1cc(-n2nc3c(c2-n2ccn(-c4cc5cnn(C)c5cc4F)c2=O)CN(C(=O)OC(C)(C)C)CC3)cc(C)c1F. The second-order valence-electron chi connectivity index (χ2n) is 11.7. The van der Waals surface area contributed by atoms with Gasteiger partial charge in [0.25, 0.3) is 0 Å². The van der Waals surface area contributed by atoms with Gasteiger partial charge in [-0.1, -0.05) is 0 Å². The molecule has 6 rings (SSSR count). The molecule has 0 spiro atoms. The Kier molecular flexibility index (Phi) is 6.32. The van der Waals surface area contributed by atoms with Gasteiger partial charge in [-0.2, -0.15) is 10.2 Å². The van der Waals surface area contributed by atoms with Crippen LogP contribution in [-0.2, 0) is 24.8 Å². The van der Waals surface area contributed by atoms with Crippen molar-refractivity contribution in [3.05, 3.63) is 87.4 Å². The minimum Gasteiger partial charge on any atom is -0.444 e. The minimum atomic E-state index is -0.679. The van der Waals surface area contributed by atoms with E-state index >= 15 is 4.39 Å². The van der Waals surface area contributed by atoms with E-state index in [1.807, 2.05) is 0 Å². The van der Waals surface area contributed by atoms with Gasteiger partial charge in [0.1, 0.15) is 23.1 Å². The lowest BCUT2D eigenvalue weighted by Gasteiger charge is -2.29. The number of carbonyl (C=O) groups excluding carboxylic acids is 1. The van der Waals surface area contributed by atoms with Crippen molar-refractivity contribution in [1.82, 2.24) is 33.6 Å². The van der Waals surface area contributed by atoms with E-state index in [0.717, 1.165) is 0 Å². The lowest BCUT2D eigenvalue weighted by Crippen LogP contribution is -2.40. The van der Waals surface area contributed by atoms with Gasteiger partial charge < -0.3 is 9.64 Å². The Labute approximate surface area is 240 Å². The highest BCUT2D eigenvalue weighted by Gasteiger charge is 2.32. The number of nitrogens with zero attached hydrogens (tertiary/aromatic N) is 7. The predicted octanol–water partition coefficient (Wildman–Crippen LogP) is 4.89. The molecule has 1 aliphatic heterocycles. The standard InChI is InChI=1S/C30H31F2N7O3/c1-17-11-20(12-18(2)26(17)32)39-27(21-16-36(8-7-23(21)34-39)29(41)42-30(3,4)5)38-10-9-37(28(38)40)25-13-19-15-33-35(6)24(19)14-22(25)31/h9-15H,7-8,16H2,1-6H3. The lowest BCUT2D eigenvalue weighted by molar-refractivity contribution is 0.0223. The fourth-order valence-corrected chi connectivity index (χ4v) is 5.38. The van der Waals surface area contributed by atoms with Crippen molar-refractivity contribution in [2.24, 2.45) is 7.05 Å². The smallest absolute Gasteiger partial charge is 0.410 e. The summed E-state index contributed by atoms with van der Waals surface area (Å²) in [4.78, 5) is 28.5. The summed E-state index contributed by atoms with van der Waals surface area (Å²) in [6.07, 6.45) is 4.59.